The van der Waals surface area contributed by atoms with Crippen LogP contribution < -0.4 is 0 Å². The summed E-state index contributed by atoms with van der Waals surface area (Å²) in [5, 5.41) is 0. The molecule has 6 nitrogen and oxygen atoms in total. The van der Waals surface area contributed by atoms with Gasteiger partial charge in [-0.25, -0.2) is 13.6 Å². The molecule has 9 heteroatoms. The summed E-state index contributed by atoms with van der Waals surface area (Å²) >= 11 is 0. The Hall–Kier alpha value is -2.90. The molecule has 0 aliphatic carbocycles. The van der Waals surface area contributed by atoms with Crippen LogP contribution in [-0.4, -0.2) is 0 Å². The minimum absolute atomic E-state index is 0. The Balaban J connectivity index is -0.0000000708. The van der Waals surface area contributed by atoms with Gasteiger partial charge >= 0.3 is 62.5 Å². The van der Waals surface area contributed by atoms with Gasteiger partial charge in [0.15, 0.2) is 0 Å². The van der Waals surface area contributed by atoms with Crippen LogP contribution in [0.15, 0.2) is 42.1 Å². The molecule has 0 amide bonds. The smallest absolute Gasteiger partial charge is 0 e. The van der Waals surface area contributed by atoms with Crippen LogP contribution in [-0.2, 0) is 40.6 Å². The van der Waals surface area contributed by atoms with Gasteiger partial charge in [0.25, 0.3) is 0 Å². The van der Waals surface area contributed by atoms with Gasteiger partial charge in [-0.15, -0.1) is 0 Å². The predicted octanol–water partition coefficient (Wildman–Crippen LogP) is 2.88. The van der Waals surface area contributed by atoms with Crippen LogP contribution in [0.4, 0.5) is 8.78 Å². The second-order valence-corrected chi connectivity index (χ2v) is 2.33. The monoisotopic (exact) mass is 381 g/mol. The molecule has 0 aliphatic rings. The van der Waals surface area contributed by atoms with Gasteiger partial charge in [-0.1, -0.05) is 24.1 Å². The quantitative estimate of drug-likeness (QED) is 0.285. The van der Waals surface area contributed by atoms with E-state index in [9.17, 15) is 8.78 Å². The number of hydrogen-bond donors (Lipinski definition) is 0. The average Bonchev–Trinajstić information content (AvgIpc) is 2.73. The van der Waals surface area contributed by atoms with Crippen molar-refractivity contribution in [2.45, 2.75) is 0 Å². The van der Waals surface area contributed by atoms with Crippen molar-refractivity contribution in [2.75, 3.05) is 0 Å². The van der Waals surface area contributed by atoms with Crippen molar-refractivity contribution in [3.05, 3.63) is 92.3 Å². The molecule has 0 aromatic heterocycles. The fraction of sp³-hybridized carbons (Fsp3) is 0. The van der Waals surface area contributed by atoms with Gasteiger partial charge in [0, 0.05) is 22.9 Å². The van der Waals surface area contributed by atoms with E-state index < -0.39 is 11.8 Å². The number of rotatable bonds is 0. The molecule has 1 rings (SSSR count). The number of nitrogens with zero attached hydrogens (tertiary/aromatic N) is 1. The third kappa shape index (κ3) is 29.7. The fourth-order valence-electron chi connectivity index (χ4n) is 0.749. The molecule has 0 saturated heterocycles. The van der Waals surface area contributed by atoms with Crippen molar-refractivity contribution in [3.63, 3.8) is 0 Å². The summed E-state index contributed by atoms with van der Waals surface area (Å²) in [5.41, 5.74) is 0.570. The van der Waals surface area contributed by atoms with Gasteiger partial charge in [0.1, 0.15) is 0 Å². The Morgan fingerprint density at radius 2 is 1.16 bits per heavy atom. The molecular formula is C16H5CrF2NO5. The van der Waals surface area contributed by atoms with E-state index in [1.54, 1.807) is 30.3 Å². The molecule has 25 heavy (non-hydrogen) atoms. The first-order chi connectivity index (χ1) is 11.7. The number of benzene rings is 1. The van der Waals surface area contributed by atoms with Gasteiger partial charge in [-0.05, 0) is 18.1 Å². The molecule has 0 radical (unpaired) electrons. The van der Waals surface area contributed by atoms with Crippen molar-refractivity contribution in [1.29, 1.82) is 0 Å². The molecular weight excluding hydrogens is 376 g/mol. The van der Waals surface area contributed by atoms with E-state index >= 15 is 0 Å². The summed E-state index contributed by atoms with van der Waals surface area (Å²) < 4.78 is 62.4. The zero-order valence-electron chi connectivity index (χ0n) is 12.0. The molecule has 1 aromatic rings. The standard InChI is InChI=1S/C11H5F2N.5CO.Cr/c1-14-11(13)10(12)8-7-9-5-3-2-4-6-9;5*1-2;/h2-6H;;;;;;/b11-10+;;;;;;. The van der Waals surface area contributed by atoms with Crippen LogP contribution in [0, 0.1) is 51.7 Å². The fourth-order valence-corrected chi connectivity index (χ4v) is 0.749. The maximum Gasteiger partial charge on any atom is 0 e. The molecule has 0 aliphatic heterocycles. The number of hydrogen-bond acceptors (Lipinski definition) is 0. The van der Waals surface area contributed by atoms with E-state index in [1.165, 1.54) is 0 Å². The van der Waals surface area contributed by atoms with Crippen LogP contribution in [0.2, 0.25) is 0 Å². The Kier molecular flexibility index (Phi) is 65.1. The van der Waals surface area contributed by atoms with E-state index in [2.05, 4.69) is 44.0 Å². The molecule has 1 aromatic carbocycles. The third-order valence-electron chi connectivity index (χ3n) is 1.37. The van der Waals surface area contributed by atoms with Crippen LogP contribution in [0.1, 0.15) is 5.56 Å². The van der Waals surface area contributed by atoms with Crippen LogP contribution in [0.3, 0.4) is 0 Å². The minimum atomic E-state index is -1.51. The summed E-state index contributed by atoms with van der Waals surface area (Å²) in [6, 6.07) is 8.58. The van der Waals surface area contributed by atoms with Crippen molar-refractivity contribution in [3.8, 4) is 11.8 Å². The average molecular weight is 381 g/mol. The van der Waals surface area contributed by atoms with Gasteiger partial charge < -0.3 is 0 Å². The van der Waals surface area contributed by atoms with Crippen molar-refractivity contribution >= 4 is 0 Å². The zero-order chi connectivity index (χ0) is 20.4. The summed E-state index contributed by atoms with van der Waals surface area (Å²) in [6.45, 7) is 28.7. The first-order valence-electron chi connectivity index (χ1n) is 4.76. The Morgan fingerprint density at radius 3 is 1.48 bits per heavy atom. The molecule has 0 atom stereocenters. The van der Waals surface area contributed by atoms with E-state index in [4.69, 9.17) is 29.8 Å². The van der Waals surface area contributed by atoms with Crippen molar-refractivity contribution in [2.24, 2.45) is 0 Å². The molecule has 0 heterocycles. The van der Waals surface area contributed by atoms with Gasteiger partial charge in [-0.3, -0.25) is 0 Å². The second kappa shape index (κ2) is 42.9. The first-order valence-corrected chi connectivity index (χ1v) is 4.76. The summed E-state index contributed by atoms with van der Waals surface area (Å²) in [7, 11) is 0. The van der Waals surface area contributed by atoms with Crippen LogP contribution >= 0.6 is 0 Å². The van der Waals surface area contributed by atoms with Crippen LogP contribution in [0.5, 0.6) is 0 Å². The van der Waals surface area contributed by atoms with Crippen molar-refractivity contribution < 1.29 is 49.4 Å². The largest absolute Gasteiger partial charge is 0 e. The molecule has 0 N–H and O–H groups in total. The van der Waals surface area contributed by atoms with Crippen LogP contribution in [0.25, 0.3) is 4.85 Å². The molecule has 124 valence electrons. The Morgan fingerprint density at radius 1 is 0.800 bits per heavy atom. The van der Waals surface area contributed by atoms with E-state index in [1.807, 2.05) is 5.92 Å². The third-order valence-corrected chi connectivity index (χ3v) is 1.37. The Bertz CT molecular complexity index is 625. The maximum absolute atomic E-state index is 12.6. The minimum Gasteiger partial charge on any atom is 0 e. The van der Waals surface area contributed by atoms with Gasteiger partial charge in [0.2, 0.25) is 5.83 Å². The van der Waals surface area contributed by atoms with Gasteiger partial charge in [-0.2, -0.15) is 0 Å². The first kappa shape index (κ1) is 38.0. The second-order valence-electron chi connectivity index (χ2n) is 2.33. The summed E-state index contributed by atoms with van der Waals surface area (Å²) in [6.07, 6.45) is 0. The van der Waals surface area contributed by atoms with E-state index in [-0.39, 0.29) is 17.4 Å². The number of halogens is 2. The Labute approximate surface area is 154 Å². The van der Waals surface area contributed by atoms with E-state index in [0.717, 1.165) is 0 Å². The topological polar surface area (TPSA) is 104 Å². The molecule has 0 fully saturated rings. The van der Waals surface area contributed by atoms with Crippen molar-refractivity contribution in [1.82, 2.24) is 0 Å². The van der Waals surface area contributed by atoms with Gasteiger partial charge in [0.05, 0.1) is 6.57 Å². The number of allylic oxidation sites excluding steroid dienone is 1. The molecule has 0 unspecified atom stereocenters. The maximum atomic E-state index is 12.6. The summed E-state index contributed by atoms with van der Waals surface area (Å²) in [4.78, 5) is 2.29. The molecule has 0 bridgehead atoms. The van der Waals surface area contributed by atoms with E-state index in [0.29, 0.717) is 5.56 Å². The predicted molar refractivity (Wildman–Crippen MR) is 68.8 cm³/mol. The zero-order valence-corrected chi connectivity index (χ0v) is 13.3. The molecule has 0 saturated carbocycles. The SMILES string of the molecule is [C-]#[N+]/C(F)=C(/F)C#Cc1ccccc1.[C-]#[O+].[C-]#[O+].[C-]#[O+].[C-]#[O+].[C-]#[O+].[Cr]. The normalized spacial score (nSPS) is 6.36. The molecule has 0 spiro atoms. The summed E-state index contributed by atoms with van der Waals surface area (Å²) in [5.74, 6) is 1.48.